The Balaban J connectivity index is 2.47. The van der Waals surface area contributed by atoms with Gasteiger partial charge in [-0.1, -0.05) is 25.1 Å². The quantitative estimate of drug-likeness (QED) is 0.745. The van der Waals surface area contributed by atoms with E-state index in [-0.39, 0.29) is 11.9 Å². The number of carbonyl (C=O) groups is 1. The van der Waals surface area contributed by atoms with Crippen LogP contribution >= 0.6 is 0 Å². The van der Waals surface area contributed by atoms with E-state index in [1.165, 1.54) is 5.56 Å². The number of hydrogen-bond donors (Lipinski definition) is 2. The number of carbonyl (C=O) groups excluding carboxylic acids is 1. The molecule has 0 aliphatic rings. The molecular weight excluding hydrogens is 216 g/mol. The van der Waals surface area contributed by atoms with Crippen LogP contribution in [-0.4, -0.2) is 25.6 Å². The van der Waals surface area contributed by atoms with Crippen LogP contribution in [-0.2, 0) is 11.2 Å². The first-order valence-corrected chi connectivity index (χ1v) is 5.86. The molecule has 0 spiro atoms. The molecule has 0 fully saturated rings. The van der Waals surface area contributed by atoms with Gasteiger partial charge in [0.25, 0.3) is 0 Å². The molecule has 1 atom stereocenters. The highest BCUT2D eigenvalue weighted by atomic mass is 16.5. The third-order valence-corrected chi connectivity index (χ3v) is 2.71. The summed E-state index contributed by atoms with van der Waals surface area (Å²) in [4.78, 5) is 11.0. The highest BCUT2D eigenvalue weighted by Gasteiger charge is 2.12. The van der Waals surface area contributed by atoms with Crippen LogP contribution in [0.1, 0.15) is 18.9 Å². The molecule has 17 heavy (non-hydrogen) atoms. The molecular formula is C13H20N2O2. The molecule has 1 unspecified atom stereocenters. The molecule has 0 heterocycles. The van der Waals surface area contributed by atoms with Gasteiger partial charge >= 0.3 is 0 Å². The minimum absolute atomic E-state index is 0.330. The van der Waals surface area contributed by atoms with E-state index in [9.17, 15) is 4.79 Å². The van der Waals surface area contributed by atoms with E-state index in [0.717, 1.165) is 12.2 Å². The van der Waals surface area contributed by atoms with Crippen LogP contribution in [0.5, 0.6) is 5.75 Å². The molecule has 94 valence electrons. The summed E-state index contributed by atoms with van der Waals surface area (Å²) < 4.78 is 5.66. The van der Waals surface area contributed by atoms with Crippen LogP contribution in [0.4, 0.5) is 0 Å². The van der Waals surface area contributed by atoms with Gasteiger partial charge in [0.1, 0.15) is 5.75 Å². The third kappa shape index (κ3) is 4.07. The van der Waals surface area contributed by atoms with E-state index in [1.54, 1.807) is 7.05 Å². The first kappa shape index (κ1) is 13.5. The molecule has 0 bridgehead atoms. The number of hydrogen-bond acceptors (Lipinski definition) is 3. The molecule has 1 aromatic carbocycles. The smallest absolute Gasteiger partial charge is 0.234 e. The second-order valence-electron chi connectivity index (χ2n) is 3.84. The van der Waals surface area contributed by atoms with E-state index in [4.69, 9.17) is 10.5 Å². The van der Waals surface area contributed by atoms with Crippen LogP contribution in [0.2, 0.25) is 0 Å². The summed E-state index contributed by atoms with van der Waals surface area (Å²) in [7, 11) is 1.72. The summed E-state index contributed by atoms with van der Waals surface area (Å²) in [6, 6.07) is 7.59. The SMILES string of the molecule is CCc1ccccc1OCCC(NC)C(N)=O. The molecule has 0 saturated heterocycles. The molecule has 0 radical (unpaired) electrons. The van der Waals surface area contributed by atoms with E-state index in [0.29, 0.717) is 13.0 Å². The summed E-state index contributed by atoms with van der Waals surface area (Å²) in [6.07, 6.45) is 1.51. The van der Waals surface area contributed by atoms with E-state index in [1.807, 2.05) is 24.3 Å². The lowest BCUT2D eigenvalue weighted by Gasteiger charge is -2.14. The zero-order chi connectivity index (χ0) is 12.7. The number of ether oxygens (including phenoxy) is 1. The van der Waals surface area contributed by atoms with Gasteiger partial charge in [0, 0.05) is 6.42 Å². The lowest BCUT2D eigenvalue weighted by molar-refractivity contribution is -0.120. The normalized spacial score (nSPS) is 12.1. The topological polar surface area (TPSA) is 64.3 Å². The fourth-order valence-corrected chi connectivity index (χ4v) is 1.65. The van der Waals surface area contributed by atoms with Crippen molar-refractivity contribution in [3.8, 4) is 5.75 Å². The molecule has 0 aliphatic heterocycles. The Morgan fingerprint density at radius 1 is 1.47 bits per heavy atom. The van der Waals surface area contributed by atoms with Gasteiger partial charge in [-0.15, -0.1) is 0 Å². The number of benzene rings is 1. The standard InChI is InChI=1S/C13H20N2O2/c1-3-10-6-4-5-7-12(10)17-9-8-11(15-2)13(14)16/h4-7,11,15H,3,8-9H2,1-2H3,(H2,14,16). The van der Waals surface area contributed by atoms with Crippen LogP contribution in [0, 0.1) is 0 Å². The van der Waals surface area contributed by atoms with Crippen molar-refractivity contribution in [3.63, 3.8) is 0 Å². The fourth-order valence-electron chi connectivity index (χ4n) is 1.65. The predicted octanol–water partition coefficient (Wildman–Crippen LogP) is 1.09. The van der Waals surface area contributed by atoms with Gasteiger partial charge < -0.3 is 15.8 Å². The first-order valence-electron chi connectivity index (χ1n) is 5.86. The Kier molecular flexibility index (Phi) is 5.49. The van der Waals surface area contributed by atoms with Gasteiger partial charge in [0.15, 0.2) is 0 Å². The highest BCUT2D eigenvalue weighted by molar-refractivity contribution is 5.79. The fraction of sp³-hybridized carbons (Fsp3) is 0.462. The lowest BCUT2D eigenvalue weighted by Crippen LogP contribution is -2.40. The number of para-hydroxylation sites is 1. The molecule has 1 aromatic rings. The molecule has 0 saturated carbocycles. The Morgan fingerprint density at radius 3 is 2.76 bits per heavy atom. The average molecular weight is 236 g/mol. The second-order valence-corrected chi connectivity index (χ2v) is 3.84. The summed E-state index contributed by atoms with van der Waals surface area (Å²) in [5.41, 5.74) is 6.40. The number of primary amides is 1. The van der Waals surface area contributed by atoms with Crippen molar-refractivity contribution < 1.29 is 9.53 Å². The van der Waals surface area contributed by atoms with E-state index in [2.05, 4.69) is 12.2 Å². The maximum atomic E-state index is 11.0. The molecule has 0 aromatic heterocycles. The van der Waals surface area contributed by atoms with Gasteiger partial charge in [0.05, 0.1) is 12.6 Å². The number of aryl methyl sites for hydroxylation is 1. The molecule has 0 aliphatic carbocycles. The van der Waals surface area contributed by atoms with Crippen LogP contribution < -0.4 is 15.8 Å². The number of amides is 1. The Morgan fingerprint density at radius 2 is 2.18 bits per heavy atom. The number of nitrogens with two attached hydrogens (primary N) is 1. The number of likely N-dealkylation sites (N-methyl/N-ethyl adjacent to an activating group) is 1. The van der Waals surface area contributed by atoms with Crippen molar-refractivity contribution in [1.82, 2.24) is 5.32 Å². The van der Waals surface area contributed by atoms with E-state index >= 15 is 0 Å². The van der Waals surface area contributed by atoms with Gasteiger partial charge in [-0.25, -0.2) is 0 Å². The summed E-state index contributed by atoms with van der Waals surface area (Å²) in [6.45, 7) is 2.56. The molecule has 4 heteroatoms. The van der Waals surface area contributed by atoms with E-state index < -0.39 is 0 Å². The van der Waals surface area contributed by atoms with Crippen LogP contribution in [0.25, 0.3) is 0 Å². The van der Waals surface area contributed by atoms with Crippen LogP contribution in [0.3, 0.4) is 0 Å². The van der Waals surface area contributed by atoms with Crippen molar-refractivity contribution in [2.24, 2.45) is 5.73 Å². The number of rotatable bonds is 7. The third-order valence-electron chi connectivity index (χ3n) is 2.71. The lowest BCUT2D eigenvalue weighted by atomic mass is 10.1. The van der Waals surface area contributed by atoms with Crippen molar-refractivity contribution in [2.75, 3.05) is 13.7 Å². The van der Waals surface area contributed by atoms with Crippen molar-refractivity contribution in [1.29, 1.82) is 0 Å². The second kappa shape index (κ2) is 6.91. The van der Waals surface area contributed by atoms with Gasteiger partial charge in [-0.05, 0) is 25.1 Å². The van der Waals surface area contributed by atoms with Crippen molar-refractivity contribution in [2.45, 2.75) is 25.8 Å². The maximum absolute atomic E-state index is 11.0. The maximum Gasteiger partial charge on any atom is 0.234 e. The summed E-state index contributed by atoms with van der Waals surface area (Å²) in [5.74, 6) is 0.536. The zero-order valence-electron chi connectivity index (χ0n) is 10.4. The predicted molar refractivity (Wildman–Crippen MR) is 68.0 cm³/mol. The minimum Gasteiger partial charge on any atom is -0.493 e. The minimum atomic E-state index is -0.347. The molecule has 1 amide bonds. The molecule has 1 rings (SSSR count). The summed E-state index contributed by atoms with van der Waals surface area (Å²) >= 11 is 0. The monoisotopic (exact) mass is 236 g/mol. The van der Waals surface area contributed by atoms with Gasteiger partial charge in [0.2, 0.25) is 5.91 Å². The van der Waals surface area contributed by atoms with Crippen molar-refractivity contribution >= 4 is 5.91 Å². The molecule has 3 N–H and O–H groups in total. The Bertz CT molecular complexity index is 366. The number of nitrogens with one attached hydrogen (secondary N) is 1. The molecule has 4 nitrogen and oxygen atoms in total. The van der Waals surface area contributed by atoms with Crippen LogP contribution in [0.15, 0.2) is 24.3 Å². The zero-order valence-corrected chi connectivity index (χ0v) is 10.4. The van der Waals surface area contributed by atoms with Gasteiger partial charge in [-0.3, -0.25) is 4.79 Å². The Hall–Kier alpha value is -1.55. The highest BCUT2D eigenvalue weighted by Crippen LogP contribution is 2.18. The first-order chi connectivity index (χ1) is 8.19. The average Bonchev–Trinajstić information content (AvgIpc) is 2.34. The Labute approximate surface area is 102 Å². The summed E-state index contributed by atoms with van der Waals surface area (Å²) in [5, 5.41) is 2.86. The van der Waals surface area contributed by atoms with Crippen molar-refractivity contribution in [3.05, 3.63) is 29.8 Å². The van der Waals surface area contributed by atoms with Gasteiger partial charge in [-0.2, -0.15) is 0 Å². The largest absolute Gasteiger partial charge is 0.493 e.